The molecule has 17 heavy (non-hydrogen) atoms. The van der Waals surface area contributed by atoms with Crippen LogP contribution in [-0.4, -0.2) is 8.07 Å². The van der Waals surface area contributed by atoms with Crippen molar-refractivity contribution >= 4 is 34.4 Å². The van der Waals surface area contributed by atoms with Gasteiger partial charge >= 0.3 is 0 Å². The van der Waals surface area contributed by atoms with Crippen LogP contribution in [0.25, 0.3) is 0 Å². The van der Waals surface area contributed by atoms with Crippen molar-refractivity contribution < 1.29 is 4.74 Å². The second kappa shape index (κ2) is 3.72. The Labute approximate surface area is 111 Å². The van der Waals surface area contributed by atoms with E-state index in [1.54, 1.807) is 0 Å². The molecular formula is C14H13BrOSi. The largest absolute Gasteiger partial charge is 0.458 e. The quantitative estimate of drug-likeness (QED) is 0.678. The van der Waals surface area contributed by atoms with Crippen LogP contribution in [0.3, 0.4) is 0 Å². The lowest BCUT2D eigenvalue weighted by molar-refractivity contribution is 0.486. The van der Waals surface area contributed by atoms with Crippen LogP contribution < -0.4 is 15.1 Å². The summed E-state index contributed by atoms with van der Waals surface area (Å²) < 4.78 is 7.07. The zero-order chi connectivity index (χ0) is 12.0. The van der Waals surface area contributed by atoms with E-state index in [1.807, 2.05) is 6.07 Å². The molecule has 0 amide bonds. The van der Waals surface area contributed by atoms with Crippen molar-refractivity contribution in [3.05, 3.63) is 46.9 Å². The Morgan fingerprint density at radius 2 is 1.65 bits per heavy atom. The Hall–Kier alpha value is -1.06. The summed E-state index contributed by atoms with van der Waals surface area (Å²) in [6, 6.07) is 14.8. The zero-order valence-electron chi connectivity index (χ0n) is 9.83. The molecule has 0 saturated heterocycles. The minimum atomic E-state index is -1.60. The van der Waals surface area contributed by atoms with E-state index >= 15 is 0 Å². The molecule has 2 aromatic rings. The molecule has 0 aliphatic carbocycles. The van der Waals surface area contributed by atoms with Gasteiger partial charge in [0.15, 0.2) is 0 Å². The number of hydrogen-bond acceptors (Lipinski definition) is 1. The second-order valence-electron chi connectivity index (χ2n) is 4.86. The summed E-state index contributed by atoms with van der Waals surface area (Å²) in [4.78, 5) is 0. The minimum absolute atomic E-state index is 1.01. The highest BCUT2D eigenvalue weighted by atomic mass is 79.9. The number of ether oxygens (including phenoxy) is 1. The van der Waals surface area contributed by atoms with Gasteiger partial charge < -0.3 is 4.74 Å². The maximum atomic E-state index is 6.00. The molecule has 0 atom stereocenters. The average molecular weight is 305 g/mol. The second-order valence-corrected chi connectivity index (χ2v) is 10.1. The van der Waals surface area contributed by atoms with Crippen molar-refractivity contribution in [2.45, 2.75) is 13.1 Å². The minimum Gasteiger partial charge on any atom is -0.458 e. The van der Waals surface area contributed by atoms with Crippen molar-refractivity contribution in [1.29, 1.82) is 0 Å². The van der Waals surface area contributed by atoms with E-state index in [1.165, 1.54) is 10.4 Å². The van der Waals surface area contributed by atoms with E-state index in [-0.39, 0.29) is 0 Å². The van der Waals surface area contributed by atoms with Crippen molar-refractivity contribution in [1.82, 2.24) is 0 Å². The SMILES string of the molecule is C[Si]1(C)c2ccccc2Oc2cc(Br)ccc21. The zero-order valence-corrected chi connectivity index (χ0v) is 12.4. The Morgan fingerprint density at radius 3 is 2.47 bits per heavy atom. The molecule has 0 aromatic heterocycles. The van der Waals surface area contributed by atoms with E-state index in [2.05, 4.69) is 65.4 Å². The average Bonchev–Trinajstić information content (AvgIpc) is 2.28. The molecule has 1 heterocycles. The van der Waals surface area contributed by atoms with Gasteiger partial charge in [-0.25, -0.2) is 0 Å². The molecule has 0 unspecified atom stereocenters. The van der Waals surface area contributed by atoms with Gasteiger partial charge in [0.1, 0.15) is 19.6 Å². The molecule has 0 fully saturated rings. The molecule has 1 nitrogen and oxygen atoms in total. The number of fused-ring (bicyclic) bond motifs is 2. The first-order valence-corrected chi connectivity index (χ1v) is 9.46. The van der Waals surface area contributed by atoms with Crippen LogP contribution in [-0.2, 0) is 0 Å². The third-order valence-corrected chi connectivity index (χ3v) is 7.41. The number of halogens is 1. The van der Waals surface area contributed by atoms with Crippen LogP contribution in [0, 0.1) is 0 Å². The van der Waals surface area contributed by atoms with Gasteiger partial charge in [-0.3, -0.25) is 0 Å². The summed E-state index contributed by atoms with van der Waals surface area (Å²) >= 11 is 3.50. The first kappa shape index (κ1) is 11.1. The number of rotatable bonds is 0. The van der Waals surface area contributed by atoms with Crippen LogP contribution in [0.4, 0.5) is 0 Å². The molecular weight excluding hydrogens is 292 g/mol. The summed E-state index contributed by atoms with van der Waals surface area (Å²) in [5, 5.41) is 2.76. The van der Waals surface area contributed by atoms with Gasteiger partial charge in [-0.05, 0) is 28.6 Å². The normalized spacial score (nSPS) is 15.7. The first-order valence-electron chi connectivity index (χ1n) is 5.66. The van der Waals surface area contributed by atoms with E-state index in [4.69, 9.17) is 4.74 Å². The highest BCUT2D eigenvalue weighted by Gasteiger charge is 2.35. The molecule has 3 heteroatoms. The van der Waals surface area contributed by atoms with Crippen molar-refractivity contribution in [2.24, 2.45) is 0 Å². The van der Waals surface area contributed by atoms with E-state index < -0.39 is 8.07 Å². The van der Waals surface area contributed by atoms with Crippen LogP contribution in [0.2, 0.25) is 13.1 Å². The van der Waals surface area contributed by atoms with Gasteiger partial charge in [-0.15, -0.1) is 0 Å². The van der Waals surface area contributed by atoms with Gasteiger partial charge in [0.2, 0.25) is 0 Å². The third kappa shape index (κ3) is 1.65. The summed E-state index contributed by atoms with van der Waals surface area (Å²) in [5.41, 5.74) is 0. The van der Waals surface area contributed by atoms with Crippen LogP contribution >= 0.6 is 15.9 Å². The molecule has 0 saturated carbocycles. The van der Waals surface area contributed by atoms with Crippen LogP contribution in [0.5, 0.6) is 11.5 Å². The lowest BCUT2D eigenvalue weighted by atomic mass is 10.3. The van der Waals surface area contributed by atoms with Gasteiger partial charge in [0.05, 0.1) is 0 Å². The standard InChI is InChI=1S/C14H13BrOSi/c1-17(2)13-6-4-3-5-11(13)16-12-9-10(15)7-8-14(12)17/h3-9H,1-2H3. The fraction of sp³-hybridized carbons (Fsp3) is 0.143. The van der Waals surface area contributed by atoms with Crippen molar-refractivity contribution in [3.63, 3.8) is 0 Å². The third-order valence-electron chi connectivity index (χ3n) is 3.40. The molecule has 0 spiro atoms. The van der Waals surface area contributed by atoms with E-state index in [0.29, 0.717) is 0 Å². The summed E-state index contributed by atoms with van der Waals surface area (Å²) in [5.74, 6) is 2.03. The van der Waals surface area contributed by atoms with E-state index in [9.17, 15) is 0 Å². The Bertz CT molecular complexity index is 593. The molecule has 0 N–H and O–H groups in total. The summed E-state index contributed by atoms with van der Waals surface area (Å²) in [6.07, 6.45) is 0. The summed E-state index contributed by atoms with van der Waals surface area (Å²) in [6.45, 7) is 4.75. The fourth-order valence-electron chi connectivity index (χ4n) is 2.43. The number of hydrogen-bond donors (Lipinski definition) is 0. The monoisotopic (exact) mass is 304 g/mol. The first-order chi connectivity index (χ1) is 8.09. The fourth-order valence-corrected chi connectivity index (χ4v) is 5.57. The molecule has 0 bridgehead atoms. The molecule has 2 aromatic carbocycles. The smallest absolute Gasteiger partial charge is 0.128 e. The van der Waals surface area contributed by atoms with E-state index in [0.717, 1.165) is 16.0 Å². The maximum Gasteiger partial charge on any atom is 0.128 e. The highest BCUT2D eigenvalue weighted by molar-refractivity contribution is 9.10. The molecule has 0 radical (unpaired) electrons. The predicted molar refractivity (Wildman–Crippen MR) is 77.4 cm³/mol. The Kier molecular flexibility index (Phi) is 2.42. The van der Waals surface area contributed by atoms with Crippen molar-refractivity contribution in [2.75, 3.05) is 0 Å². The van der Waals surface area contributed by atoms with Crippen molar-refractivity contribution in [3.8, 4) is 11.5 Å². The van der Waals surface area contributed by atoms with Crippen LogP contribution in [0.15, 0.2) is 46.9 Å². The lowest BCUT2D eigenvalue weighted by Crippen LogP contribution is -2.55. The summed E-state index contributed by atoms with van der Waals surface area (Å²) in [7, 11) is -1.60. The molecule has 1 aliphatic rings. The highest BCUT2D eigenvalue weighted by Crippen LogP contribution is 2.30. The molecule has 1 aliphatic heterocycles. The maximum absolute atomic E-state index is 6.00. The number of benzene rings is 2. The Morgan fingerprint density at radius 1 is 0.941 bits per heavy atom. The van der Waals surface area contributed by atoms with Gasteiger partial charge in [0.25, 0.3) is 0 Å². The lowest BCUT2D eigenvalue weighted by Gasteiger charge is -2.32. The number of para-hydroxylation sites is 1. The van der Waals surface area contributed by atoms with Gasteiger partial charge in [-0.1, -0.05) is 53.3 Å². The van der Waals surface area contributed by atoms with Gasteiger partial charge in [0, 0.05) is 4.47 Å². The Balaban J connectivity index is 2.26. The molecule has 3 rings (SSSR count). The molecule has 86 valence electrons. The van der Waals surface area contributed by atoms with Gasteiger partial charge in [-0.2, -0.15) is 0 Å². The predicted octanol–water partition coefficient (Wildman–Crippen LogP) is 3.38. The topological polar surface area (TPSA) is 9.23 Å². The van der Waals surface area contributed by atoms with Crippen LogP contribution in [0.1, 0.15) is 0 Å².